The molecule has 1 N–H and O–H groups in total. The minimum absolute atomic E-state index is 0.0934. The van der Waals surface area contributed by atoms with Gasteiger partial charge in [0.1, 0.15) is 0 Å². The standard InChI is InChI=1S/C20H24N2OS/c1-13-19(16-8-10-22(13)11-9-16)21-20(23)18-12-17(14(2)24-18)15-6-4-3-5-7-15/h3-7,12-13,16,19H,8-11H2,1-2H3,(H,21,23). The van der Waals surface area contributed by atoms with Crippen molar-refractivity contribution in [1.29, 1.82) is 0 Å². The van der Waals surface area contributed by atoms with Crippen molar-refractivity contribution in [3.8, 4) is 11.1 Å². The van der Waals surface area contributed by atoms with Crippen LogP contribution in [0.25, 0.3) is 11.1 Å². The number of amides is 1. The van der Waals surface area contributed by atoms with Crippen molar-refractivity contribution < 1.29 is 4.79 Å². The first kappa shape index (κ1) is 15.9. The number of benzene rings is 1. The second-order valence-corrected chi connectivity index (χ2v) is 8.32. The van der Waals surface area contributed by atoms with Crippen molar-refractivity contribution in [2.24, 2.45) is 5.92 Å². The first-order chi connectivity index (χ1) is 11.6. The van der Waals surface area contributed by atoms with E-state index in [-0.39, 0.29) is 5.91 Å². The number of nitrogens with one attached hydrogen (secondary N) is 1. The molecule has 2 bridgehead atoms. The van der Waals surface area contributed by atoms with E-state index in [0.29, 0.717) is 18.0 Å². The summed E-state index contributed by atoms with van der Waals surface area (Å²) in [5.74, 6) is 0.736. The summed E-state index contributed by atoms with van der Waals surface area (Å²) in [6.45, 7) is 6.73. The lowest BCUT2D eigenvalue weighted by Crippen LogP contribution is -2.62. The van der Waals surface area contributed by atoms with Crippen LogP contribution in [-0.4, -0.2) is 36.0 Å². The van der Waals surface area contributed by atoms with Gasteiger partial charge >= 0.3 is 0 Å². The van der Waals surface area contributed by atoms with E-state index < -0.39 is 0 Å². The van der Waals surface area contributed by atoms with Gasteiger partial charge in [-0.15, -0.1) is 11.3 Å². The minimum Gasteiger partial charge on any atom is -0.347 e. The van der Waals surface area contributed by atoms with E-state index >= 15 is 0 Å². The lowest BCUT2D eigenvalue weighted by Gasteiger charge is -2.49. The molecule has 3 nitrogen and oxygen atoms in total. The molecular formula is C20H24N2OS. The Labute approximate surface area is 147 Å². The van der Waals surface area contributed by atoms with Gasteiger partial charge in [0, 0.05) is 17.0 Å². The molecule has 0 radical (unpaired) electrons. The number of rotatable bonds is 3. The van der Waals surface area contributed by atoms with Gasteiger partial charge in [-0.25, -0.2) is 0 Å². The highest BCUT2D eigenvalue weighted by Crippen LogP contribution is 2.34. The molecule has 126 valence electrons. The van der Waals surface area contributed by atoms with E-state index in [2.05, 4.69) is 42.3 Å². The van der Waals surface area contributed by atoms with Gasteiger partial charge in [-0.05, 0) is 62.9 Å². The molecule has 1 aromatic carbocycles. The maximum Gasteiger partial charge on any atom is 0.261 e. The van der Waals surface area contributed by atoms with Crippen molar-refractivity contribution in [3.05, 3.63) is 46.2 Å². The highest BCUT2D eigenvalue weighted by atomic mass is 32.1. The molecule has 0 aliphatic carbocycles. The molecule has 3 saturated heterocycles. The molecule has 0 spiro atoms. The summed E-state index contributed by atoms with van der Waals surface area (Å²) in [4.78, 5) is 17.4. The number of nitrogens with zero attached hydrogens (tertiary/aromatic N) is 1. The molecule has 3 aliphatic heterocycles. The Morgan fingerprint density at radius 3 is 2.58 bits per heavy atom. The highest BCUT2D eigenvalue weighted by Gasteiger charge is 2.40. The van der Waals surface area contributed by atoms with Crippen LogP contribution < -0.4 is 5.32 Å². The Morgan fingerprint density at radius 2 is 1.92 bits per heavy atom. The minimum atomic E-state index is 0.0934. The number of piperidine rings is 3. The van der Waals surface area contributed by atoms with Crippen molar-refractivity contribution >= 4 is 17.2 Å². The smallest absolute Gasteiger partial charge is 0.261 e. The van der Waals surface area contributed by atoms with E-state index in [0.717, 1.165) is 4.88 Å². The summed E-state index contributed by atoms with van der Waals surface area (Å²) in [6, 6.07) is 13.1. The maximum absolute atomic E-state index is 12.8. The molecule has 3 aliphatic rings. The van der Waals surface area contributed by atoms with Crippen molar-refractivity contribution in [2.45, 2.75) is 38.8 Å². The van der Waals surface area contributed by atoms with Gasteiger partial charge < -0.3 is 5.32 Å². The lowest BCUT2D eigenvalue weighted by molar-refractivity contribution is 0.0218. The van der Waals surface area contributed by atoms with Gasteiger partial charge in [0.25, 0.3) is 5.91 Å². The van der Waals surface area contributed by atoms with Gasteiger partial charge in [0.05, 0.1) is 4.88 Å². The van der Waals surface area contributed by atoms with Gasteiger partial charge in [-0.3, -0.25) is 9.69 Å². The molecule has 2 aromatic rings. The number of carbonyl (C=O) groups is 1. The molecule has 1 aromatic heterocycles. The average molecular weight is 340 g/mol. The van der Waals surface area contributed by atoms with Crippen LogP contribution in [-0.2, 0) is 0 Å². The van der Waals surface area contributed by atoms with Crippen LogP contribution in [0.4, 0.5) is 0 Å². The predicted octanol–water partition coefficient (Wildman–Crippen LogP) is 3.94. The van der Waals surface area contributed by atoms with E-state index in [1.807, 2.05) is 18.2 Å². The third kappa shape index (κ3) is 2.78. The summed E-state index contributed by atoms with van der Waals surface area (Å²) in [5.41, 5.74) is 2.36. The highest BCUT2D eigenvalue weighted by molar-refractivity contribution is 7.14. The topological polar surface area (TPSA) is 32.3 Å². The lowest BCUT2D eigenvalue weighted by atomic mass is 9.79. The van der Waals surface area contributed by atoms with E-state index in [9.17, 15) is 4.79 Å². The van der Waals surface area contributed by atoms with E-state index in [4.69, 9.17) is 0 Å². The Morgan fingerprint density at radius 1 is 1.21 bits per heavy atom. The Bertz CT molecular complexity index is 729. The number of hydrogen-bond acceptors (Lipinski definition) is 3. The monoisotopic (exact) mass is 340 g/mol. The Hall–Kier alpha value is -1.65. The van der Waals surface area contributed by atoms with Gasteiger partial charge in [-0.1, -0.05) is 30.3 Å². The first-order valence-electron chi connectivity index (χ1n) is 8.84. The largest absolute Gasteiger partial charge is 0.347 e. The fourth-order valence-electron chi connectivity index (χ4n) is 4.27. The van der Waals surface area contributed by atoms with Gasteiger partial charge in [0.2, 0.25) is 0 Å². The first-order valence-corrected chi connectivity index (χ1v) is 9.66. The molecule has 2 atom stereocenters. The number of thiophene rings is 1. The normalized spacial score (nSPS) is 28.8. The Kier molecular flexibility index (Phi) is 4.19. The molecule has 0 saturated carbocycles. The second kappa shape index (κ2) is 6.34. The van der Waals surface area contributed by atoms with Crippen LogP contribution in [0, 0.1) is 12.8 Å². The second-order valence-electron chi connectivity index (χ2n) is 7.06. The maximum atomic E-state index is 12.8. The molecule has 1 amide bonds. The number of carbonyl (C=O) groups excluding carboxylic acids is 1. The summed E-state index contributed by atoms with van der Waals surface area (Å²) < 4.78 is 0. The van der Waals surface area contributed by atoms with E-state index in [1.54, 1.807) is 11.3 Å². The zero-order valence-corrected chi connectivity index (χ0v) is 15.1. The molecule has 24 heavy (non-hydrogen) atoms. The van der Waals surface area contributed by atoms with Crippen molar-refractivity contribution in [2.75, 3.05) is 13.1 Å². The third-order valence-electron chi connectivity index (χ3n) is 5.70. The number of hydrogen-bond donors (Lipinski definition) is 1. The van der Waals surface area contributed by atoms with Crippen LogP contribution in [0.1, 0.15) is 34.3 Å². The number of fused-ring (bicyclic) bond motifs is 3. The fourth-order valence-corrected chi connectivity index (χ4v) is 5.21. The Balaban J connectivity index is 1.53. The molecular weight excluding hydrogens is 316 g/mol. The zero-order valence-electron chi connectivity index (χ0n) is 14.3. The van der Waals surface area contributed by atoms with Crippen LogP contribution >= 0.6 is 11.3 Å². The van der Waals surface area contributed by atoms with E-state index in [1.165, 1.54) is 41.9 Å². The van der Waals surface area contributed by atoms with Crippen LogP contribution in [0.5, 0.6) is 0 Å². The molecule has 3 fully saturated rings. The van der Waals surface area contributed by atoms with Crippen LogP contribution in [0.3, 0.4) is 0 Å². The quantitative estimate of drug-likeness (QED) is 0.918. The fraction of sp³-hybridized carbons (Fsp3) is 0.450. The SMILES string of the molecule is Cc1sc(C(=O)NC2C3CCN(CC3)C2C)cc1-c1ccccc1. The van der Waals surface area contributed by atoms with Gasteiger partial charge in [0.15, 0.2) is 0 Å². The summed E-state index contributed by atoms with van der Waals surface area (Å²) in [7, 11) is 0. The summed E-state index contributed by atoms with van der Waals surface area (Å²) >= 11 is 1.60. The molecule has 4 heteroatoms. The zero-order chi connectivity index (χ0) is 16.7. The molecule has 4 heterocycles. The number of aryl methyl sites for hydroxylation is 1. The van der Waals surface area contributed by atoms with Gasteiger partial charge in [-0.2, -0.15) is 0 Å². The molecule has 2 unspecified atom stereocenters. The van der Waals surface area contributed by atoms with Crippen LogP contribution in [0.2, 0.25) is 0 Å². The molecule has 5 rings (SSSR count). The predicted molar refractivity (Wildman–Crippen MR) is 99.5 cm³/mol. The summed E-state index contributed by atoms with van der Waals surface area (Å²) in [6.07, 6.45) is 2.43. The van der Waals surface area contributed by atoms with Crippen LogP contribution in [0.15, 0.2) is 36.4 Å². The summed E-state index contributed by atoms with van der Waals surface area (Å²) in [5, 5.41) is 3.34. The van der Waals surface area contributed by atoms with Crippen molar-refractivity contribution in [3.63, 3.8) is 0 Å². The van der Waals surface area contributed by atoms with Crippen molar-refractivity contribution in [1.82, 2.24) is 10.2 Å². The average Bonchev–Trinajstić information content (AvgIpc) is 3.01. The third-order valence-corrected chi connectivity index (χ3v) is 6.75.